The molecule has 1 unspecified atom stereocenters. The molecule has 3 aromatic carbocycles. The lowest BCUT2D eigenvalue weighted by atomic mass is 10.0. The molecule has 0 spiro atoms. The zero-order chi connectivity index (χ0) is 32.0. The molecule has 6 rings (SSSR count). The van der Waals surface area contributed by atoms with Crippen LogP contribution in [-0.4, -0.2) is 39.1 Å². The lowest BCUT2D eigenvalue weighted by molar-refractivity contribution is -0.114. The molecule has 1 aliphatic carbocycles. The monoisotopic (exact) mass is 625 g/mol. The van der Waals surface area contributed by atoms with Crippen molar-refractivity contribution < 1.29 is 18.7 Å². The lowest BCUT2D eigenvalue weighted by Crippen LogP contribution is -2.35. The van der Waals surface area contributed by atoms with Crippen molar-refractivity contribution in [3.63, 3.8) is 0 Å². The van der Waals surface area contributed by atoms with Crippen molar-refractivity contribution in [3.8, 4) is 11.1 Å². The van der Waals surface area contributed by atoms with Crippen molar-refractivity contribution in [2.45, 2.75) is 52.3 Å². The fraction of sp³-hybridized carbons (Fsp3) is 0.229. The quantitative estimate of drug-likeness (QED) is 0.232. The summed E-state index contributed by atoms with van der Waals surface area (Å²) >= 11 is 6.28. The summed E-state index contributed by atoms with van der Waals surface area (Å²) in [5.74, 6) is -0.316. The molecule has 4 aromatic rings. The first-order valence-electron chi connectivity index (χ1n) is 14.6. The highest BCUT2D eigenvalue weighted by molar-refractivity contribution is 6.31. The summed E-state index contributed by atoms with van der Waals surface area (Å²) in [4.78, 5) is 28.4. The SMILES string of the molecule is CC(=O)Nc1ccc(Cl)cc1-c1ccc(N2C(=N)N(Cc3cccc4c3ccn4C(=O)OC(C)(C)C)C3CC=C(F)C=C32)cc1. The fourth-order valence-corrected chi connectivity index (χ4v) is 6.04. The number of guanidine groups is 1. The van der Waals surface area contributed by atoms with Crippen molar-refractivity contribution in [2.24, 2.45) is 0 Å². The molecule has 2 heterocycles. The van der Waals surface area contributed by atoms with Crippen LogP contribution in [0.4, 0.5) is 20.6 Å². The first-order chi connectivity index (χ1) is 21.4. The van der Waals surface area contributed by atoms with E-state index in [1.807, 2.05) is 74.2 Å². The maximum atomic E-state index is 14.6. The van der Waals surface area contributed by atoms with Gasteiger partial charge in [0.05, 0.1) is 17.3 Å². The van der Waals surface area contributed by atoms with Gasteiger partial charge in [0, 0.05) is 47.0 Å². The molecule has 1 saturated heterocycles. The Morgan fingerprint density at radius 3 is 2.56 bits per heavy atom. The van der Waals surface area contributed by atoms with E-state index in [1.54, 1.807) is 35.4 Å². The molecule has 1 aromatic heterocycles. The van der Waals surface area contributed by atoms with E-state index in [1.165, 1.54) is 17.6 Å². The number of anilines is 2. The summed E-state index contributed by atoms with van der Waals surface area (Å²) in [7, 11) is 0. The van der Waals surface area contributed by atoms with Gasteiger partial charge in [0.25, 0.3) is 0 Å². The fourth-order valence-electron chi connectivity index (χ4n) is 5.86. The van der Waals surface area contributed by atoms with E-state index in [0.717, 1.165) is 22.1 Å². The predicted octanol–water partition coefficient (Wildman–Crippen LogP) is 8.47. The van der Waals surface area contributed by atoms with Crippen LogP contribution in [-0.2, 0) is 16.1 Å². The Labute approximate surface area is 265 Å². The second kappa shape index (κ2) is 11.6. The number of rotatable bonds is 5. The molecule has 0 bridgehead atoms. The van der Waals surface area contributed by atoms with Crippen molar-refractivity contribution >= 4 is 51.8 Å². The highest BCUT2D eigenvalue weighted by Gasteiger charge is 2.41. The van der Waals surface area contributed by atoms with Crippen molar-refractivity contribution in [2.75, 3.05) is 10.2 Å². The molecule has 0 radical (unpaired) electrons. The van der Waals surface area contributed by atoms with Crippen molar-refractivity contribution in [1.82, 2.24) is 9.47 Å². The van der Waals surface area contributed by atoms with E-state index in [4.69, 9.17) is 16.3 Å². The number of carbonyl (C=O) groups is 2. The molecular formula is C35H33ClFN5O3. The molecule has 10 heteroatoms. The number of ether oxygens (including phenoxy) is 1. The Hall–Kier alpha value is -4.89. The van der Waals surface area contributed by atoms with Crippen LogP contribution in [0.25, 0.3) is 22.0 Å². The predicted molar refractivity (Wildman–Crippen MR) is 176 cm³/mol. The zero-order valence-corrected chi connectivity index (χ0v) is 26.2. The molecular weight excluding hydrogens is 593 g/mol. The molecule has 2 aliphatic rings. The number of benzene rings is 3. The summed E-state index contributed by atoms with van der Waals surface area (Å²) in [6.07, 6.45) is 4.68. The summed E-state index contributed by atoms with van der Waals surface area (Å²) in [5, 5.41) is 13.5. The van der Waals surface area contributed by atoms with Gasteiger partial charge in [-0.3, -0.25) is 19.7 Å². The van der Waals surface area contributed by atoms with Crippen LogP contribution in [0.5, 0.6) is 0 Å². The third-order valence-electron chi connectivity index (χ3n) is 7.76. The van der Waals surface area contributed by atoms with Crippen LogP contribution in [0.1, 0.15) is 39.7 Å². The van der Waals surface area contributed by atoms with Gasteiger partial charge in [0.1, 0.15) is 11.4 Å². The molecule has 1 amide bonds. The molecule has 1 fully saturated rings. The van der Waals surface area contributed by atoms with Gasteiger partial charge < -0.3 is 15.0 Å². The summed E-state index contributed by atoms with van der Waals surface area (Å²) in [5.41, 5.74) is 4.61. The van der Waals surface area contributed by atoms with E-state index in [0.29, 0.717) is 40.6 Å². The van der Waals surface area contributed by atoms with E-state index in [9.17, 15) is 19.4 Å². The largest absolute Gasteiger partial charge is 0.443 e. The number of fused-ring (bicyclic) bond motifs is 2. The molecule has 1 atom stereocenters. The van der Waals surface area contributed by atoms with Gasteiger partial charge in [0.2, 0.25) is 11.9 Å². The summed E-state index contributed by atoms with van der Waals surface area (Å²) in [6.45, 7) is 7.31. The van der Waals surface area contributed by atoms with E-state index in [2.05, 4.69) is 5.32 Å². The van der Waals surface area contributed by atoms with Crippen LogP contribution >= 0.6 is 11.6 Å². The first kappa shape index (κ1) is 30.1. The lowest BCUT2D eigenvalue weighted by Gasteiger charge is -2.25. The number of hydrogen-bond donors (Lipinski definition) is 2. The second-order valence-corrected chi connectivity index (χ2v) is 12.6. The van der Waals surface area contributed by atoms with Crippen molar-refractivity contribution in [1.29, 1.82) is 5.41 Å². The Morgan fingerprint density at radius 2 is 1.84 bits per heavy atom. The number of aromatic nitrogens is 1. The average Bonchev–Trinajstić information content (AvgIpc) is 3.52. The third kappa shape index (κ3) is 5.95. The number of halogens is 2. The van der Waals surface area contributed by atoms with Gasteiger partial charge in [-0.15, -0.1) is 0 Å². The third-order valence-corrected chi connectivity index (χ3v) is 8.00. The number of nitrogens with zero attached hydrogens (tertiary/aromatic N) is 3. The van der Waals surface area contributed by atoms with Crippen LogP contribution in [0, 0.1) is 5.41 Å². The topological polar surface area (TPSA) is 90.7 Å². The number of carbonyl (C=O) groups excluding carboxylic acids is 2. The number of nitrogens with one attached hydrogen (secondary N) is 2. The molecule has 1 aliphatic heterocycles. The van der Waals surface area contributed by atoms with E-state index in [-0.39, 0.29) is 23.7 Å². The first-order valence-corrected chi connectivity index (χ1v) is 15.0. The number of allylic oxidation sites excluding steroid dienone is 2. The van der Waals surface area contributed by atoms with Crippen molar-refractivity contribution in [3.05, 3.63) is 107 Å². The summed E-state index contributed by atoms with van der Waals surface area (Å²) < 4.78 is 21.7. The molecule has 0 saturated carbocycles. The van der Waals surface area contributed by atoms with Crippen LogP contribution in [0.15, 0.2) is 96.6 Å². The Balaban J connectivity index is 1.32. The molecule has 45 heavy (non-hydrogen) atoms. The average molecular weight is 626 g/mol. The zero-order valence-electron chi connectivity index (χ0n) is 25.4. The minimum atomic E-state index is -0.633. The molecule has 8 nitrogen and oxygen atoms in total. The Morgan fingerprint density at radius 1 is 1.09 bits per heavy atom. The van der Waals surface area contributed by atoms with Crippen LogP contribution in [0.2, 0.25) is 5.02 Å². The van der Waals surface area contributed by atoms with E-state index < -0.39 is 11.7 Å². The number of hydrogen-bond acceptors (Lipinski definition) is 4. The maximum absolute atomic E-state index is 14.6. The standard InChI is InChI=1S/C35H33ClFN5O3/c1-21(43)39-29-14-10-24(36)18-28(29)22-8-12-26(13-9-22)42-32-19-25(37)11-15-31(32)41(33(42)38)20-23-6-5-7-30-27(23)16-17-40(30)34(44)45-35(2,3)4/h5-14,16-19,31,38H,15,20H2,1-4H3,(H,39,43). The van der Waals surface area contributed by atoms with Gasteiger partial charge in [-0.1, -0.05) is 35.9 Å². The minimum Gasteiger partial charge on any atom is -0.443 e. The summed E-state index contributed by atoms with van der Waals surface area (Å²) in [6, 6.07) is 20.2. The highest BCUT2D eigenvalue weighted by Crippen LogP contribution is 2.40. The highest BCUT2D eigenvalue weighted by atomic mass is 35.5. The second-order valence-electron chi connectivity index (χ2n) is 12.1. The molecule has 230 valence electrons. The minimum absolute atomic E-state index is 0.191. The normalized spacial score (nSPS) is 16.4. The van der Waals surface area contributed by atoms with Crippen LogP contribution in [0.3, 0.4) is 0 Å². The van der Waals surface area contributed by atoms with Gasteiger partial charge in [-0.05, 0) is 92.9 Å². The Kier molecular flexibility index (Phi) is 7.74. The van der Waals surface area contributed by atoms with Gasteiger partial charge >= 0.3 is 6.09 Å². The van der Waals surface area contributed by atoms with Crippen LogP contribution < -0.4 is 10.2 Å². The maximum Gasteiger partial charge on any atom is 0.418 e. The van der Waals surface area contributed by atoms with Gasteiger partial charge in [0.15, 0.2) is 0 Å². The van der Waals surface area contributed by atoms with Gasteiger partial charge in [-0.2, -0.15) is 0 Å². The van der Waals surface area contributed by atoms with E-state index >= 15 is 0 Å². The molecule has 2 N–H and O–H groups in total. The smallest absolute Gasteiger partial charge is 0.418 e. The number of amides is 1. The van der Waals surface area contributed by atoms with Gasteiger partial charge in [-0.25, -0.2) is 9.18 Å². The Bertz CT molecular complexity index is 1900.